The maximum absolute atomic E-state index is 11.7. The summed E-state index contributed by atoms with van der Waals surface area (Å²) in [5.41, 5.74) is 1.88. The zero-order chi connectivity index (χ0) is 11.7. The number of hydrogen-bond acceptors (Lipinski definition) is 1. The molecule has 0 spiro atoms. The molecule has 1 aliphatic rings. The second kappa shape index (κ2) is 4.46. The SMILES string of the molecule is CC(C)CC1CNC(=O)c2cc(Cl)ccc21. The van der Waals surface area contributed by atoms with Crippen LogP contribution in [0.1, 0.15) is 42.1 Å². The summed E-state index contributed by atoms with van der Waals surface area (Å²) in [6.45, 7) is 5.14. The maximum atomic E-state index is 11.7. The summed E-state index contributed by atoms with van der Waals surface area (Å²) in [5, 5.41) is 3.55. The number of rotatable bonds is 2. The second-order valence-corrected chi connectivity index (χ2v) is 5.20. The van der Waals surface area contributed by atoms with Gasteiger partial charge in [-0.1, -0.05) is 31.5 Å². The minimum atomic E-state index is -0.00231. The van der Waals surface area contributed by atoms with Crippen LogP contribution in [0.2, 0.25) is 5.02 Å². The third-order valence-corrected chi connectivity index (χ3v) is 3.20. The number of hydrogen-bond donors (Lipinski definition) is 1. The van der Waals surface area contributed by atoms with E-state index in [0.29, 0.717) is 16.9 Å². The molecule has 1 aromatic rings. The normalized spacial score (nSPS) is 19.5. The van der Waals surface area contributed by atoms with Gasteiger partial charge in [0.1, 0.15) is 0 Å². The molecule has 0 fully saturated rings. The molecule has 1 amide bonds. The lowest BCUT2D eigenvalue weighted by molar-refractivity contribution is 0.0938. The number of carbonyl (C=O) groups is 1. The Labute approximate surface area is 101 Å². The van der Waals surface area contributed by atoms with E-state index in [0.717, 1.165) is 24.1 Å². The topological polar surface area (TPSA) is 29.1 Å². The quantitative estimate of drug-likeness (QED) is 0.841. The Morgan fingerprint density at radius 1 is 1.50 bits per heavy atom. The van der Waals surface area contributed by atoms with Crippen LogP contribution in [0.5, 0.6) is 0 Å². The van der Waals surface area contributed by atoms with Crippen molar-refractivity contribution in [1.82, 2.24) is 5.32 Å². The molecule has 0 radical (unpaired) electrons. The van der Waals surface area contributed by atoms with Gasteiger partial charge in [-0.25, -0.2) is 0 Å². The minimum Gasteiger partial charge on any atom is -0.351 e. The molecule has 1 aromatic carbocycles. The average Bonchev–Trinajstić information content (AvgIpc) is 2.22. The third-order valence-electron chi connectivity index (χ3n) is 2.96. The van der Waals surface area contributed by atoms with E-state index in [-0.39, 0.29) is 5.91 Å². The number of carbonyl (C=O) groups excluding carboxylic acids is 1. The van der Waals surface area contributed by atoms with E-state index in [4.69, 9.17) is 11.6 Å². The molecule has 0 saturated carbocycles. The second-order valence-electron chi connectivity index (χ2n) is 4.77. The summed E-state index contributed by atoms with van der Waals surface area (Å²) in [6.07, 6.45) is 1.09. The first-order valence-electron chi connectivity index (χ1n) is 5.65. The van der Waals surface area contributed by atoms with Crippen LogP contribution in [0.4, 0.5) is 0 Å². The smallest absolute Gasteiger partial charge is 0.251 e. The van der Waals surface area contributed by atoms with E-state index < -0.39 is 0 Å². The summed E-state index contributed by atoms with van der Waals surface area (Å²) in [5.74, 6) is 1.05. The third kappa shape index (κ3) is 2.22. The summed E-state index contributed by atoms with van der Waals surface area (Å²) in [6, 6.07) is 5.62. The van der Waals surface area contributed by atoms with Gasteiger partial charge in [-0.05, 0) is 30.0 Å². The van der Waals surface area contributed by atoms with Crippen molar-refractivity contribution < 1.29 is 4.79 Å². The van der Waals surface area contributed by atoms with Crippen LogP contribution < -0.4 is 5.32 Å². The van der Waals surface area contributed by atoms with Crippen molar-refractivity contribution in [3.05, 3.63) is 34.3 Å². The molecular weight excluding hydrogens is 222 g/mol. The highest BCUT2D eigenvalue weighted by Crippen LogP contribution is 2.30. The lowest BCUT2D eigenvalue weighted by atomic mass is 9.85. The number of amides is 1. The van der Waals surface area contributed by atoms with Crippen molar-refractivity contribution in [2.45, 2.75) is 26.2 Å². The van der Waals surface area contributed by atoms with Gasteiger partial charge in [-0.2, -0.15) is 0 Å². The first-order chi connectivity index (χ1) is 7.58. The van der Waals surface area contributed by atoms with Gasteiger partial charge in [0.05, 0.1) is 0 Å². The fourth-order valence-corrected chi connectivity index (χ4v) is 2.45. The van der Waals surface area contributed by atoms with Gasteiger partial charge in [0.25, 0.3) is 5.91 Å². The van der Waals surface area contributed by atoms with Crippen molar-refractivity contribution >= 4 is 17.5 Å². The number of halogens is 1. The Morgan fingerprint density at radius 3 is 2.94 bits per heavy atom. The molecular formula is C13H16ClNO. The molecule has 1 N–H and O–H groups in total. The first-order valence-corrected chi connectivity index (χ1v) is 6.03. The Bertz CT molecular complexity index is 414. The van der Waals surface area contributed by atoms with Crippen LogP contribution in [-0.2, 0) is 0 Å². The molecule has 86 valence electrons. The van der Waals surface area contributed by atoms with Gasteiger partial charge in [-0.15, -0.1) is 0 Å². The van der Waals surface area contributed by atoms with Crippen molar-refractivity contribution in [1.29, 1.82) is 0 Å². The molecule has 16 heavy (non-hydrogen) atoms. The standard InChI is InChI=1S/C13H16ClNO/c1-8(2)5-9-7-15-13(16)12-6-10(14)3-4-11(9)12/h3-4,6,8-9H,5,7H2,1-2H3,(H,15,16). The van der Waals surface area contributed by atoms with E-state index in [9.17, 15) is 4.79 Å². The number of fused-ring (bicyclic) bond motifs is 1. The van der Waals surface area contributed by atoms with E-state index in [2.05, 4.69) is 19.2 Å². The highest BCUT2D eigenvalue weighted by atomic mass is 35.5. The molecule has 2 rings (SSSR count). The van der Waals surface area contributed by atoms with Crippen molar-refractivity contribution in [3.63, 3.8) is 0 Å². The molecule has 0 bridgehead atoms. The van der Waals surface area contributed by atoms with E-state index >= 15 is 0 Å². The molecule has 0 saturated heterocycles. The molecule has 1 atom stereocenters. The zero-order valence-corrected chi connectivity index (χ0v) is 10.3. The van der Waals surface area contributed by atoms with Gasteiger partial charge in [-0.3, -0.25) is 4.79 Å². The van der Waals surface area contributed by atoms with Gasteiger partial charge >= 0.3 is 0 Å². The van der Waals surface area contributed by atoms with E-state index in [1.807, 2.05) is 12.1 Å². The largest absolute Gasteiger partial charge is 0.351 e. The van der Waals surface area contributed by atoms with Gasteiger partial charge < -0.3 is 5.32 Å². The Hall–Kier alpha value is -1.02. The minimum absolute atomic E-state index is 0.00231. The van der Waals surface area contributed by atoms with Crippen LogP contribution in [0.15, 0.2) is 18.2 Å². The molecule has 0 aromatic heterocycles. The lowest BCUT2D eigenvalue weighted by Gasteiger charge is -2.27. The zero-order valence-electron chi connectivity index (χ0n) is 9.59. The Kier molecular flexibility index (Phi) is 3.20. The van der Waals surface area contributed by atoms with Crippen LogP contribution in [0.25, 0.3) is 0 Å². The predicted molar refractivity (Wildman–Crippen MR) is 66.0 cm³/mol. The van der Waals surface area contributed by atoms with Crippen molar-refractivity contribution in [2.75, 3.05) is 6.54 Å². The van der Waals surface area contributed by atoms with Gasteiger partial charge in [0.15, 0.2) is 0 Å². The molecule has 1 unspecified atom stereocenters. The van der Waals surface area contributed by atoms with E-state index in [1.165, 1.54) is 0 Å². The Balaban J connectivity index is 2.36. The Morgan fingerprint density at radius 2 is 2.25 bits per heavy atom. The molecule has 0 aliphatic carbocycles. The highest BCUT2D eigenvalue weighted by molar-refractivity contribution is 6.31. The summed E-state index contributed by atoms with van der Waals surface area (Å²) in [7, 11) is 0. The van der Waals surface area contributed by atoms with Crippen LogP contribution >= 0.6 is 11.6 Å². The van der Waals surface area contributed by atoms with Gasteiger partial charge in [0.2, 0.25) is 0 Å². The van der Waals surface area contributed by atoms with Crippen LogP contribution in [0.3, 0.4) is 0 Å². The molecule has 2 nitrogen and oxygen atoms in total. The average molecular weight is 238 g/mol. The summed E-state index contributed by atoms with van der Waals surface area (Å²) < 4.78 is 0. The number of benzene rings is 1. The molecule has 1 aliphatic heterocycles. The summed E-state index contributed by atoms with van der Waals surface area (Å²) >= 11 is 5.92. The van der Waals surface area contributed by atoms with Crippen LogP contribution in [0, 0.1) is 5.92 Å². The number of nitrogens with one attached hydrogen (secondary N) is 1. The first kappa shape index (κ1) is 11.5. The highest BCUT2D eigenvalue weighted by Gasteiger charge is 2.25. The predicted octanol–water partition coefficient (Wildman–Crippen LogP) is 3.21. The van der Waals surface area contributed by atoms with E-state index in [1.54, 1.807) is 6.07 Å². The summed E-state index contributed by atoms with van der Waals surface area (Å²) in [4.78, 5) is 11.7. The molecule has 3 heteroatoms. The fourth-order valence-electron chi connectivity index (χ4n) is 2.28. The maximum Gasteiger partial charge on any atom is 0.251 e. The van der Waals surface area contributed by atoms with Gasteiger partial charge in [0, 0.05) is 23.0 Å². The monoisotopic (exact) mass is 237 g/mol. The fraction of sp³-hybridized carbons (Fsp3) is 0.462. The lowest BCUT2D eigenvalue weighted by Crippen LogP contribution is -2.35. The van der Waals surface area contributed by atoms with Crippen molar-refractivity contribution in [3.8, 4) is 0 Å². The van der Waals surface area contributed by atoms with Crippen LogP contribution in [-0.4, -0.2) is 12.5 Å². The van der Waals surface area contributed by atoms with Crippen molar-refractivity contribution in [2.24, 2.45) is 5.92 Å². The molecule has 1 heterocycles.